The Hall–Kier alpha value is -1.52. The fourth-order valence-electron chi connectivity index (χ4n) is 3.13. The minimum atomic E-state index is 0.315. The highest BCUT2D eigenvalue weighted by molar-refractivity contribution is 9.10. The van der Waals surface area contributed by atoms with Crippen LogP contribution < -0.4 is 14.8 Å². The van der Waals surface area contributed by atoms with Crippen molar-refractivity contribution >= 4 is 15.9 Å². The molecule has 1 aliphatic rings. The van der Waals surface area contributed by atoms with E-state index in [4.69, 9.17) is 9.47 Å². The second-order valence-electron chi connectivity index (χ2n) is 5.41. The first-order chi connectivity index (χ1) is 10.8. The molecule has 0 bridgehead atoms. The Labute approximate surface area is 139 Å². The van der Waals surface area contributed by atoms with Crippen molar-refractivity contribution in [1.29, 1.82) is 0 Å². The van der Waals surface area contributed by atoms with E-state index in [1.165, 1.54) is 16.7 Å². The quantitative estimate of drug-likeness (QED) is 0.902. The second-order valence-corrected chi connectivity index (χ2v) is 6.20. The fraction of sp³-hybridized carbons (Fsp3) is 0.333. The maximum Gasteiger partial charge on any atom is 0.175 e. The maximum atomic E-state index is 5.53. The highest BCUT2D eigenvalue weighted by Crippen LogP contribution is 2.43. The third-order valence-corrected chi connectivity index (χ3v) is 5.06. The summed E-state index contributed by atoms with van der Waals surface area (Å²) in [5, 5.41) is 3.54. The van der Waals surface area contributed by atoms with Crippen LogP contribution in [0.1, 0.15) is 22.6 Å². The minimum absolute atomic E-state index is 0.315. The molecule has 2 aromatic rings. The number of fused-ring (bicyclic) bond motifs is 1. The molecule has 0 spiro atoms. The van der Waals surface area contributed by atoms with Gasteiger partial charge in [0.25, 0.3) is 0 Å². The van der Waals surface area contributed by atoms with Gasteiger partial charge in [0.15, 0.2) is 11.5 Å². The summed E-state index contributed by atoms with van der Waals surface area (Å²) in [6.45, 7) is 1.89. The predicted molar refractivity (Wildman–Crippen MR) is 92.1 cm³/mol. The van der Waals surface area contributed by atoms with Gasteiger partial charge in [-0.05, 0) is 51.7 Å². The van der Waals surface area contributed by atoms with Gasteiger partial charge in [-0.1, -0.05) is 30.3 Å². The average molecular weight is 362 g/mol. The highest BCUT2D eigenvalue weighted by atomic mass is 79.9. The van der Waals surface area contributed by atoms with Crippen molar-refractivity contribution in [3.63, 3.8) is 0 Å². The van der Waals surface area contributed by atoms with Crippen LogP contribution in [-0.2, 0) is 6.42 Å². The number of rotatable bonds is 3. The van der Waals surface area contributed by atoms with E-state index in [1.807, 2.05) is 0 Å². The van der Waals surface area contributed by atoms with E-state index >= 15 is 0 Å². The molecule has 1 heterocycles. The lowest BCUT2D eigenvalue weighted by atomic mass is 9.88. The number of nitrogens with one attached hydrogen (secondary N) is 1. The van der Waals surface area contributed by atoms with Gasteiger partial charge in [-0.3, -0.25) is 0 Å². The van der Waals surface area contributed by atoms with E-state index in [0.717, 1.165) is 35.5 Å². The van der Waals surface area contributed by atoms with Crippen LogP contribution in [0.2, 0.25) is 0 Å². The Morgan fingerprint density at radius 1 is 1.14 bits per heavy atom. The van der Waals surface area contributed by atoms with Gasteiger partial charge < -0.3 is 14.8 Å². The van der Waals surface area contributed by atoms with Gasteiger partial charge in [-0.2, -0.15) is 0 Å². The second kappa shape index (κ2) is 6.71. The van der Waals surface area contributed by atoms with E-state index < -0.39 is 0 Å². The smallest absolute Gasteiger partial charge is 0.175 e. The Morgan fingerprint density at radius 2 is 1.91 bits per heavy atom. The van der Waals surface area contributed by atoms with Crippen molar-refractivity contribution in [2.75, 3.05) is 27.3 Å². The van der Waals surface area contributed by atoms with Crippen LogP contribution in [0.25, 0.3) is 0 Å². The zero-order valence-corrected chi connectivity index (χ0v) is 14.4. The molecular weight excluding hydrogens is 342 g/mol. The molecule has 0 radical (unpaired) electrons. The van der Waals surface area contributed by atoms with Gasteiger partial charge in [0.1, 0.15) is 0 Å². The molecule has 4 heteroatoms. The van der Waals surface area contributed by atoms with E-state index in [0.29, 0.717) is 5.92 Å². The lowest BCUT2D eigenvalue weighted by Crippen LogP contribution is -2.20. The lowest BCUT2D eigenvalue weighted by molar-refractivity contribution is 0.352. The number of hydrogen-bond acceptors (Lipinski definition) is 3. The van der Waals surface area contributed by atoms with Crippen molar-refractivity contribution in [2.45, 2.75) is 12.3 Å². The minimum Gasteiger partial charge on any atom is -0.493 e. The monoisotopic (exact) mass is 361 g/mol. The van der Waals surface area contributed by atoms with Crippen molar-refractivity contribution in [2.24, 2.45) is 0 Å². The zero-order valence-electron chi connectivity index (χ0n) is 12.9. The van der Waals surface area contributed by atoms with Gasteiger partial charge in [0.05, 0.1) is 18.7 Å². The number of halogens is 1. The maximum absolute atomic E-state index is 5.53. The van der Waals surface area contributed by atoms with Crippen LogP contribution in [0, 0.1) is 0 Å². The summed E-state index contributed by atoms with van der Waals surface area (Å²) in [6.07, 6.45) is 0.972. The molecule has 3 rings (SSSR count). The van der Waals surface area contributed by atoms with Crippen molar-refractivity contribution in [3.05, 3.63) is 57.6 Å². The molecule has 0 aliphatic carbocycles. The number of benzene rings is 2. The van der Waals surface area contributed by atoms with Crippen LogP contribution in [0.4, 0.5) is 0 Å². The molecule has 22 heavy (non-hydrogen) atoms. The topological polar surface area (TPSA) is 30.5 Å². The number of ether oxygens (including phenoxy) is 2. The fourth-order valence-corrected chi connectivity index (χ4v) is 3.91. The largest absolute Gasteiger partial charge is 0.493 e. The standard InChI is InChI=1S/C18H20BrNO2/c1-21-16-10-14-13(17(19)18(16)22-2)8-9-20-11-15(14)12-6-4-3-5-7-12/h3-7,10,15,20H,8-9,11H2,1-2H3. The normalized spacial score (nSPS) is 17.5. The van der Waals surface area contributed by atoms with Gasteiger partial charge in [0, 0.05) is 12.5 Å². The summed E-state index contributed by atoms with van der Waals surface area (Å²) in [4.78, 5) is 0. The van der Waals surface area contributed by atoms with Crippen molar-refractivity contribution in [3.8, 4) is 11.5 Å². The van der Waals surface area contributed by atoms with Crippen molar-refractivity contribution in [1.82, 2.24) is 5.32 Å². The third-order valence-electron chi connectivity index (χ3n) is 4.22. The predicted octanol–water partition coefficient (Wildman–Crippen LogP) is 3.74. The molecule has 1 unspecified atom stereocenters. The molecule has 2 aromatic carbocycles. The molecule has 116 valence electrons. The van der Waals surface area contributed by atoms with E-state index in [-0.39, 0.29) is 0 Å². The summed E-state index contributed by atoms with van der Waals surface area (Å²) in [7, 11) is 3.36. The number of hydrogen-bond donors (Lipinski definition) is 1. The SMILES string of the molecule is COc1cc2c(c(Br)c1OC)CCNCC2c1ccccc1. The molecular formula is C18H20BrNO2. The van der Waals surface area contributed by atoms with Crippen molar-refractivity contribution < 1.29 is 9.47 Å². The summed E-state index contributed by atoms with van der Waals surface area (Å²) in [5.74, 6) is 1.86. The first kappa shape index (κ1) is 15.4. The Kier molecular flexibility index (Phi) is 4.69. The van der Waals surface area contributed by atoms with E-state index in [1.54, 1.807) is 14.2 Å². The summed E-state index contributed by atoms with van der Waals surface area (Å²) >= 11 is 3.72. The van der Waals surface area contributed by atoms with Crippen LogP contribution in [0.3, 0.4) is 0 Å². The van der Waals surface area contributed by atoms with Gasteiger partial charge in [-0.25, -0.2) is 0 Å². The molecule has 0 aromatic heterocycles. The first-order valence-corrected chi connectivity index (χ1v) is 8.24. The molecule has 0 fully saturated rings. The third kappa shape index (κ3) is 2.73. The molecule has 0 saturated carbocycles. The summed E-state index contributed by atoms with van der Waals surface area (Å²) < 4.78 is 12.1. The Balaban J connectivity index is 2.18. The average Bonchev–Trinajstić information content (AvgIpc) is 2.78. The molecule has 1 atom stereocenters. The van der Waals surface area contributed by atoms with E-state index in [9.17, 15) is 0 Å². The Morgan fingerprint density at radius 3 is 2.59 bits per heavy atom. The molecule has 0 saturated heterocycles. The number of methoxy groups -OCH3 is 2. The van der Waals surface area contributed by atoms with Crippen LogP contribution in [0.15, 0.2) is 40.9 Å². The van der Waals surface area contributed by atoms with Crippen LogP contribution in [0.5, 0.6) is 11.5 Å². The van der Waals surface area contributed by atoms with Gasteiger partial charge in [0.2, 0.25) is 0 Å². The van der Waals surface area contributed by atoms with E-state index in [2.05, 4.69) is 57.6 Å². The molecule has 1 N–H and O–H groups in total. The van der Waals surface area contributed by atoms with Crippen LogP contribution >= 0.6 is 15.9 Å². The highest BCUT2D eigenvalue weighted by Gasteiger charge is 2.25. The van der Waals surface area contributed by atoms with Gasteiger partial charge in [-0.15, -0.1) is 0 Å². The molecule has 0 amide bonds. The Bertz CT molecular complexity index is 658. The first-order valence-electron chi connectivity index (χ1n) is 7.45. The summed E-state index contributed by atoms with van der Waals surface area (Å²) in [6, 6.07) is 12.7. The molecule has 3 nitrogen and oxygen atoms in total. The molecule has 1 aliphatic heterocycles. The van der Waals surface area contributed by atoms with Crippen LogP contribution in [-0.4, -0.2) is 27.3 Å². The van der Waals surface area contributed by atoms with Gasteiger partial charge >= 0.3 is 0 Å². The lowest BCUT2D eigenvalue weighted by Gasteiger charge is -2.22. The zero-order chi connectivity index (χ0) is 15.5. The summed E-state index contributed by atoms with van der Waals surface area (Å²) in [5.41, 5.74) is 3.93.